The number of nitrogen functional groups attached to an aromatic ring is 1. The van der Waals surface area contributed by atoms with Gasteiger partial charge in [-0.05, 0) is 18.2 Å². The van der Waals surface area contributed by atoms with Gasteiger partial charge in [0, 0.05) is 16.8 Å². The molecule has 0 unspecified atom stereocenters. The Hall–Kier alpha value is -1.13. The molecule has 0 saturated carbocycles. The minimum atomic E-state index is -0.360. The van der Waals surface area contributed by atoms with Crippen LogP contribution < -0.4 is 5.73 Å². The molecule has 1 aromatic carbocycles. The lowest BCUT2D eigenvalue weighted by atomic mass is 10.2. The molecule has 0 atom stereocenters. The van der Waals surface area contributed by atoms with E-state index in [1.165, 1.54) is 17.4 Å². The van der Waals surface area contributed by atoms with Crippen LogP contribution in [0.3, 0.4) is 0 Å². The normalized spacial score (nSPS) is 10.4. The van der Waals surface area contributed by atoms with E-state index < -0.39 is 0 Å². The Labute approximate surface area is 89.2 Å². The SMILES string of the molecule is Nc1ncc(-c2ccc(Cl)cc2F)s1. The molecule has 2 rings (SSSR count). The number of thiazole rings is 1. The van der Waals surface area contributed by atoms with E-state index in [0.717, 1.165) is 0 Å². The molecule has 1 aromatic heterocycles. The molecular formula is C9H6ClFN2S. The summed E-state index contributed by atoms with van der Waals surface area (Å²) in [6, 6.07) is 4.52. The van der Waals surface area contributed by atoms with E-state index in [-0.39, 0.29) is 5.82 Å². The van der Waals surface area contributed by atoms with Gasteiger partial charge in [0.15, 0.2) is 5.13 Å². The highest BCUT2D eigenvalue weighted by Gasteiger charge is 2.08. The van der Waals surface area contributed by atoms with Crippen molar-refractivity contribution in [2.75, 3.05) is 5.73 Å². The third-order valence-electron chi connectivity index (χ3n) is 1.72. The maximum Gasteiger partial charge on any atom is 0.180 e. The summed E-state index contributed by atoms with van der Waals surface area (Å²) in [4.78, 5) is 4.56. The van der Waals surface area contributed by atoms with Gasteiger partial charge in [-0.15, -0.1) is 0 Å². The van der Waals surface area contributed by atoms with Crippen LogP contribution in [0.15, 0.2) is 24.4 Å². The first-order valence-electron chi connectivity index (χ1n) is 3.83. The molecule has 0 amide bonds. The summed E-state index contributed by atoms with van der Waals surface area (Å²) in [5.74, 6) is -0.360. The van der Waals surface area contributed by atoms with Crippen LogP contribution >= 0.6 is 22.9 Å². The van der Waals surface area contributed by atoms with Gasteiger partial charge >= 0.3 is 0 Å². The Kier molecular flexibility index (Phi) is 2.39. The lowest BCUT2D eigenvalue weighted by molar-refractivity contribution is 0.632. The summed E-state index contributed by atoms with van der Waals surface area (Å²) in [6.45, 7) is 0. The van der Waals surface area contributed by atoms with Gasteiger partial charge in [0.05, 0.1) is 4.88 Å². The van der Waals surface area contributed by atoms with Crippen molar-refractivity contribution in [1.82, 2.24) is 4.98 Å². The number of nitrogens with two attached hydrogens (primary N) is 1. The van der Waals surface area contributed by atoms with E-state index in [1.54, 1.807) is 18.3 Å². The predicted molar refractivity (Wildman–Crippen MR) is 56.9 cm³/mol. The smallest absolute Gasteiger partial charge is 0.180 e. The van der Waals surface area contributed by atoms with Gasteiger partial charge in [-0.3, -0.25) is 0 Å². The molecule has 0 bridgehead atoms. The largest absolute Gasteiger partial charge is 0.375 e. The second-order valence-electron chi connectivity index (χ2n) is 2.69. The standard InChI is InChI=1S/C9H6ClFN2S/c10-5-1-2-6(7(11)3-5)8-4-13-9(12)14-8/h1-4H,(H2,12,13). The number of nitrogens with zero attached hydrogens (tertiary/aromatic N) is 1. The van der Waals surface area contributed by atoms with Crippen molar-refractivity contribution in [1.29, 1.82) is 0 Å². The number of aromatic nitrogens is 1. The second-order valence-corrected chi connectivity index (χ2v) is 4.19. The zero-order valence-corrected chi connectivity index (χ0v) is 8.57. The number of halogens is 2. The first-order valence-corrected chi connectivity index (χ1v) is 5.03. The summed E-state index contributed by atoms with van der Waals surface area (Å²) in [5.41, 5.74) is 5.93. The van der Waals surface area contributed by atoms with Crippen LogP contribution in [0, 0.1) is 5.82 Å². The van der Waals surface area contributed by atoms with Gasteiger partial charge in [0.25, 0.3) is 0 Å². The molecule has 0 aliphatic rings. The van der Waals surface area contributed by atoms with Gasteiger partial charge in [-0.2, -0.15) is 0 Å². The van der Waals surface area contributed by atoms with Crippen molar-refractivity contribution in [2.24, 2.45) is 0 Å². The summed E-state index contributed by atoms with van der Waals surface area (Å²) >= 11 is 6.88. The van der Waals surface area contributed by atoms with Gasteiger partial charge in [-0.1, -0.05) is 22.9 Å². The Morgan fingerprint density at radius 3 is 2.79 bits per heavy atom. The maximum atomic E-state index is 13.4. The van der Waals surface area contributed by atoms with Gasteiger partial charge in [0.2, 0.25) is 0 Å². The third kappa shape index (κ3) is 1.71. The highest BCUT2D eigenvalue weighted by Crippen LogP contribution is 2.30. The molecule has 0 aliphatic carbocycles. The summed E-state index contributed by atoms with van der Waals surface area (Å²) in [7, 11) is 0. The Balaban J connectivity index is 2.52. The van der Waals surface area contributed by atoms with E-state index in [2.05, 4.69) is 4.98 Å². The van der Waals surface area contributed by atoms with E-state index in [1.807, 2.05) is 0 Å². The average molecular weight is 229 g/mol. The van der Waals surface area contributed by atoms with Crippen molar-refractivity contribution >= 4 is 28.1 Å². The molecule has 0 radical (unpaired) electrons. The molecular weight excluding hydrogens is 223 g/mol. The molecule has 2 nitrogen and oxygen atoms in total. The molecule has 0 spiro atoms. The number of benzene rings is 1. The summed E-state index contributed by atoms with van der Waals surface area (Å²) in [5, 5.41) is 0.804. The van der Waals surface area contributed by atoms with Crippen molar-refractivity contribution in [2.45, 2.75) is 0 Å². The van der Waals surface area contributed by atoms with E-state index >= 15 is 0 Å². The topological polar surface area (TPSA) is 38.9 Å². The summed E-state index contributed by atoms with van der Waals surface area (Å²) < 4.78 is 13.4. The highest BCUT2D eigenvalue weighted by molar-refractivity contribution is 7.18. The Morgan fingerprint density at radius 1 is 1.43 bits per heavy atom. The molecule has 5 heteroatoms. The minimum Gasteiger partial charge on any atom is -0.375 e. The average Bonchev–Trinajstić information content (AvgIpc) is 2.51. The molecule has 2 aromatic rings. The van der Waals surface area contributed by atoms with E-state index in [9.17, 15) is 4.39 Å². The molecule has 2 N–H and O–H groups in total. The molecule has 0 fully saturated rings. The lowest BCUT2D eigenvalue weighted by Gasteiger charge is -1.98. The first-order chi connectivity index (χ1) is 6.66. The number of rotatable bonds is 1. The maximum absolute atomic E-state index is 13.4. The van der Waals surface area contributed by atoms with Crippen molar-refractivity contribution < 1.29 is 4.39 Å². The first kappa shape index (κ1) is 9.43. The zero-order chi connectivity index (χ0) is 10.1. The van der Waals surface area contributed by atoms with Crippen molar-refractivity contribution in [3.05, 3.63) is 35.2 Å². The van der Waals surface area contributed by atoms with Crippen LogP contribution in [0.25, 0.3) is 10.4 Å². The van der Waals surface area contributed by atoms with Crippen LogP contribution in [0.4, 0.5) is 9.52 Å². The van der Waals surface area contributed by atoms with Crippen molar-refractivity contribution in [3.8, 4) is 10.4 Å². The monoisotopic (exact) mass is 228 g/mol. The van der Waals surface area contributed by atoms with Gasteiger partial charge in [0.1, 0.15) is 5.82 Å². The molecule has 72 valence electrons. The van der Waals surface area contributed by atoms with Crippen molar-refractivity contribution in [3.63, 3.8) is 0 Å². The molecule has 0 aliphatic heterocycles. The zero-order valence-electron chi connectivity index (χ0n) is 7.00. The molecule has 14 heavy (non-hydrogen) atoms. The fourth-order valence-electron chi connectivity index (χ4n) is 1.10. The predicted octanol–water partition coefficient (Wildman–Crippen LogP) is 3.18. The fourth-order valence-corrected chi connectivity index (χ4v) is 1.97. The molecule has 0 saturated heterocycles. The fraction of sp³-hybridized carbons (Fsp3) is 0. The van der Waals surface area contributed by atoms with Crippen LogP contribution in [0.2, 0.25) is 5.02 Å². The number of anilines is 1. The van der Waals surface area contributed by atoms with Crippen LogP contribution in [-0.2, 0) is 0 Å². The van der Waals surface area contributed by atoms with Crippen LogP contribution in [0.5, 0.6) is 0 Å². The van der Waals surface area contributed by atoms with Crippen LogP contribution in [-0.4, -0.2) is 4.98 Å². The third-order valence-corrected chi connectivity index (χ3v) is 2.82. The summed E-state index contributed by atoms with van der Waals surface area (Å²) in [6.07, 6.45) is 1.55. The van der Waals surface area contributed by atoms with Gasteiger partial charge < -0.3 is 5.73 Å². The highest BCUT2D eigenvalue weighted by atomic mass is 35.5. The Bertz CT molecular complexity index is 470. The quantitative estimate of drug-likeness (QED) is 0.814. The van der Waals surface area contributed by atoms with Gasteiger partial charge in [-0.25, -0.2) is 9.37 Å². The van der Waals surface area contributed by atoms with E-state index in [0.29, 0.717) is 20.6 Å². The second kappa shape index (κ2) is 3.55. The lowest BCUT2D eigenvalue weighted by Crippen LogP contribution is -1.80. The number of hydrogen-bond acceptors (Lipinski definition) is 3. The number of hydrogen-bond donors (Lipinski definition) is 1. The Morgan fingerprint density at radius 2 is 2.21 bits per heavy atom. The minimum absolute atomic E-state index is 0.360. The van der Waals surface area contributed by atoms with Crippen LogP contribution in [0.1, 0.15) is 0 Å². The molecule has 1 heterocycles. The van der Waals surface area contributed by atoms with E-state index in [4.69, 9.17) is 17.3 Å².